The van der Waals surface area contributed by atoms with Crippen molar-refractivity contribution in [3.63, 3.8) is 0 Å². The smallest absolute Gasteiger partial charge is 0.306 e. The van der Waals surface area contributed by atoms with Crippen LogP contribution < -0.4 is 0 Å². The van der Waals surface area contributed by atoms with Crippen molar-refractivity contribution in [1.29, 1.82) is 0 Å². The number of halogens is 1. The van der Waals surface area contributed by atoms with E-state index in [4.69, 9.17) is 4.74 Å². The van der Waals surface area contributed by atoms with Gasteiger partial charge in [0.25, 0.3) is 0 Å². The van der Waals surface area contributed by atoms with Crippen LogP contribution >= 0.6 is 15.9 Å². The van der Waals surface area contributed by atoms with Crippen LogP contribution in [0, 0.1) is 13.8 Å². The number of hydrogen-bond donors (Lipinski definition) is 1. The molecule has 0 bridgehead atoms. The van der Waals surface area contributed by atoms with Crippen LogP contribution in [0.4, 0.5) is 0 Å². The first-order valence-corrected chi connectivity index (χ1v) is 8.79. The number of carbonyl (C=O) groups excluding carboxylic acids is 2. The van der Waals surface area contributed by atoms with Gasteiger partial charge in [-0.05, 0) is 53.9 Å². The molecule has 25 heavy (non-hydrogen) atoms. The van der Waals surface area contributed by atoms with Gasteiger partial charge in [0.05, 0.1) is 23.2 Å². The van der Waals surface area contributed by atoms with E-state index in [2.05, 4.69) is 20.9 Å². The number of ether oxygens (including phenoxy) is 1. The predicted molar refractivity (Wildman–Crippen MR) is 98.7 cm³/mol. The van der Waals surface area contributed by atoms with Gasteiger partial charge in [0, 0.05) is 12.0 Å². The molecule has 0 aliphatic rings. The maximum atomic E-state index is 12.4. The van der Waals surface area contributed by atoms with Crippen molar-refractivity contribution in [2.75, 3.05) is 6.61 Å². The molecular formula is C19H20BrNO4. The fourth-order valence-electron chi connectivity index (χ4n) is 2.44. The lowest BCUT2D eigenvalue weighted by Gasteiger charge is -2.12. The van der Waals surface area contributed by atoms with E-state index in [0.29, 0.717) is 10.2 Å². The van der Waals surface area contributed by atoms with Crippen molar-refractivity contribution in [3.8, 4) is 17.0 Å². The Labute approximate surface area is 155 Å². The number of benzene rings is 1. The summed E-state index contributed by atoms with van der Waals surface area (Å²) in [5, 5.41) is 10.2. The third-order valence-electron chi connectivity index (χ3n) is 3.95. The zero-order valence-electron chi connectivity index (χ0n) is 14.4. The number of Topliss-reactive ketones (excluding diaryl/α,β-unsaturated/α-hetero) is 1. The van der Waals surface area contributed by atoms with E-state index in [1.54, 1.807) is 13.0 Å². The van der Waals surface area contributed by atoms with Crippen LogP contribution in [0.25, 0.3) is 11.3 Å². The lowest BCUT2D eigenvalue weighted by atomic mass is 10.00. The Morgan fingerprint density at radius 3 is 2.64 bits per heavy atom. The van der Waals surface area contributed by atoms with Crippen molar-refractivity contribution in [3.05, 3.63) is 45.6 Å². The van der Waals surface area contributed by atoms with E-state index in [1.165, 1.54) is 0 Å². The Morgan fingerprint density at radius 1 is 1.24 bits per heavy atom. The lowest BCUT2D eigenvalue weighted by molar-refractivity contribution is -0.143. The lowest BCUT2D eigenvalue weighted by Crippen LogP contribution is -2.10. The molecule has 0 radical (unpaired) electrons. The molecule has 6 heteroatoms. The molecule has 0 atom stereocenters. The van der Waals surface area contributed by atoms with Crippen molar-refractivity contribution in [1.82, 2.24) is 4.98 Å². The minimum Gasteiger partial charge on any atom is -0.504 e. The Morgan fingerprint density at radius 2 is 1.96 bits per heavy atom. The number of ketones is 1. The number of rotatable bonds is 6. The average molecular weight is 406 g/mol. The summed E-state index contributed by atoms with van der Waals surface area (Å²) in [7, 11) is 0. The summed E-state index contributed by atoms with van der Waals surface area (Å²) >= 11 is 3.28. The van der Waals surface area contributed by atoms with Crippen molar-refractivity contribution < 1.29 is 19.4 Å². The van der Waals surface area contributed by atoms with E-state index in [0.717, 1.165) is 16.7 Å². The van der Waals surface area contributed by atoms with Crippen LogP contribution in [0.5, 0.6) is 5.75 Å². The minimum atomic E-state index is -0.444. The summed E-state index contributed by atoms with van der Waals surface area (Å²) in [6, 6.07) is 7.52. The first-order valence-electron chi connectivity index (χ1n) is 8.00. The van der Waals surface area contributed by atoms with Gasteiger partial charge in [0.1, 0.15) is 5.69 Å². The molecule has 0 aliphatic carbocycles. The monoisotopic (exact) mass is 405 g/mol. The maximum Gasteiger partial charge on any atom is 0.306 e. The fraction of sp³-hybridized carbons (Fsp3) is 0.316. The molecule has 0 unspecified atom stereocenters. The fourth-order valence-corrected chi connectivity index (χ4v) is 2.84. The van der Waals surface area contributed by atoms with Gasteiger partial charge < -0.3 is 9.84 Å². The molecule has 1 aromatic heterocycles. The molecule has 1 aromatic carbocycles. The summed E-state index contributed by atoms with van der Waals surface area (Å²) < 4.78 is 5.21. The topological polar surface area (TPSA) is 76.5 Å². The van der Waals surface area contributed by atoms with Gasteiger partial charge >= 0.3 is 5.97 Å². The molecule has 2 rings (SSSR count). The highest BCUT2D eigenvalue weighted by Crippen LogP contribution is 2.33. The number of carbonyl (C=O) groups is 2. The number of aromatic hydroxyl groups is 1. The molecular weight excluding hydrogens is 386 g/mol. The average Bonchev–Trinajstić information content (AvgIpc) is 2.58. The van der Waals surface area contributed by atoms with E-state index in [1.807, 2.05) is 32.0 Å². The molecule has 0 spiro atoms. The van der Waals surface area contributed by atoms with Crippen LogP contribution in [0.1, 0.15) is 41.4 Å². The van der Waals surface area contributed by atoms with Crippen molar-refractivity contribution in [2.24, 2.45) is 0 Å². The quantitative estimate of drug-likeness (QED) is 0.570. The predicted octanol–water partition coefficient (Wildman–Crippen LogP) is 4.36. The van der Waals surface area contributed by atoms with Crippen LogP contribution in [0.15, 0.2) is 28.7 Å². The van der Waals surface area contributed by atoms with Crippen molar-refractivity contribution >= 4 is 27.7 Å². The van der Waals surface area contributed by atoms with Gasteiger partial charge in [-0.25, -0.2) is 4.98 Å². The first-order chi connectivity index (χ1) is 11.8. The second-order valence-corrected chi connectivity index (χ2v) is 6.52. The SMILES string of the molecule is CCOC(=O)CCC(=O)c1nc(-c2cccc(C)c2C)cc(Br)c1O. The summed E-state index contributed by atoms with van der Waals surface area (Å²) in [4.78, 5) is 28.2. The van der Waals surface area contributed by atoms with Crippen LogP contribution in [-0.4, -0.2) is 28.4 Å². The molecule has 0 aliphatic heterocycles. The number of esters is 1. The van der Waals surface area contributed by atoms with Crippen LogP contribution in [-0.2, 0) is 9.53 Å². The molecule has 132 valence electrons. The highest BCUT2D eigenvalue weighted by Gasteiger charge is 2.20. The summed E-state index contributed by atoms with van der Waals surface area (Å²) in [6.07, 6.45) is -0.110. The van der Waals surface area contributed by atoms with Crippen molar-refractivity contribution in [2.45, 2.75) is 33.6 Å². The molecule has 1 heterocycles. The Balaban J connectivity index is 2.36. The number of hydrogen-bond acceptors (Lipinski definition) is 5. The maximum absolute atomic E-state index is 12.4. The largest absolute Gasteiger partial charge is 0.504 e. The molecule has 0 fully saturated rings. The molecule has 0 saturated carbocycles. The number of aromatic nitrogens is 1. The summed E-state index contributed by atoms with van der Waals surface area (Å²) in [5.74, 6) is -1.07. The summed E-state index contributed by atoms with van der Waals surface area (Å²) in [5.41, 5.74) is 3.59. The third kappa shape index (κ3) is 4.45. The number of aryl methyl sites for hydroxylation is 1. The molecule has 2 aromatic rings. The normalized spacial score (nSPS) is 10.6. The van der Waals surface area contributed by atoms with Crippen LogP contribution in [0.3, 0.4) is 0 Å². The van der Waals surface area contributed by atoms with Gasteiger partial charge in [0.15, 0.2) is 11.5 Å². The standard InChI is InChI=1S/C19H20BrNO4/c1-4-25-17(23)9-8-16(22)18-19(24)14(20)10-15(21-18)13-7-5-6-11(2)12(13)3/h5-7,10,24H,4,8-9H2,1-3H3. The Hall–Kier alpha value is -2.21. The number of nitrogens with zero attached hydrogens (tertiary/aromatic N) is 1. The van der Waals surface area contributed by atoms with Gasteiger partial charge in [-0.2, -0.15) is 0 Å². The molecule has 0 amide bonds. The Kier molecular flexibility index (Phi) is 6.31. The van der Waals surface area contributed by atoms with E-state index in [9.17, 15) is 14.7 Å². The highest BCUT2D eigenvalue weighted by atomic mass is 79.9. The van der Waals surface area contributed by atoms with Crippen LogP contribution in [0.2, 0.25) is 0 Å². The van der Waals surface area contributed by atoms with Gasteiger partial charge in [-0.3, -0.25) is 9.59 Å². The zero-order chi connectivity index (χ0) is 18.6. The van der Waals surface area contributed by atoms with E-state index in [-0.39, 0.29) is 30.9 Å². The number of pyridine rings is 1. The van der Waals surface area contributed by atoms with Gasteiger partial charge in [-0.1, -0.05) is 18.2 Å². The zero-order valence-corrected chi connectivity index (χ0v) is 16.0. The molecule has 1 N–H and O–H groups in total. The van der Waals surface area contributed by atoms with Gasteiger partial charge in [0.2, 0.25) is 0 Å². The third-order valence-corrected chi connectivity index (χ3v) is 4.56. The van der Waals surface area contributed by atoms with E-state index >= 15 is 0 Å². The second kappa shape index (κ2) is 8.25. The Bertz CT molecular complexity index is 817. The highest BCUT2D eigenvalue weighted by molar-refractivity contribution is 9.10. The molecule has 0 saturated heterocycles. The van der Waals surface area contributed by atoms with E-state index < -0.39 is 11.8 Å². The van der Waals surface area contributed by atoms with Gasteiger partial charge in [-0.15, -0.1) is 0 Å². The second-order valence-electron chi connectivity index (χ2n) is 5.66. The summed E-state index contributed by atoms with van der Waals surface area (Å²) in [6.45, 7) is 5.96. The first kappa shape index (κ1) is 19.1. The minimum absolute atomic E-state index is 0.0425. The molecule has 5 nitrogen and oxygen atoms in total.